The molecular weight excluding hydrogens is 372 g/mol. The van der Waals surface area contributed by atoms with Gasteiger partial charge in [-0.05, 0) is 90.0 Å². The Morgan fingerprint density at radius 3 is 2.80 bits per heavy atom. The average Bonchev–Trinajstić information content (AvgIpc) is 3.03. The maximum absolute atomic E-state index is 11.1. The Bertz CT molecular complexity index is 908. The van der Waals surface area contributed by atoms with Crippen molar-refractivity contribution in [2.45, 2.75) is 64.1 Å². The summed E-state index contributed by atoms with van der Waals surface area (Å²) >= 11 is 0. The summed E-state index contributed by atoms with van der Waals surface area (Å²) in [6.07, 6.45) is 6.64. The SMILES string of the molecule is C[C@]12CCC3c4ccc(OCc5ccccc5)cc4CCC3C1C[C@H](CC=O)[C@@H]2O. The molecule has 2 aromatic rings. The number of fused-ring (bicyclic) bond motifs is 5. The molecule has 3 unspecified atom stereocenters. The van der Waals surface area contributed by atoms with E-state index in [-0.39, 0.29) is 17.4 Å². The van der Waals surface area contributed by atoms with Gasteiger partial charge in [0, 0.05) is 6.42 Å². The Kier molecular flexibility index (Phi) is 5.18. The van der Waals surface area contributed by atoms with Gasteiger partial charge < -0.3 is 14.6 Å². The molecule has 2 fully saturated rings. The van der Waals surface area contributed by atoms with E-state index in [9.17, 15) is 9.90 Å². The Hall–Kier alpha value is -2.13. The summed E-state index contributed by atoms with van der Waals surface area (Å²) in [6.45, 7) is 2.88. The molecule has 5 rings (SSSR count). The molecule has 158 valence electrons. The summed E-state index contributed by atoms with van der Waals surface area (Å²) in [5, 5.41) is 11.0. The van der Waals surface area contributed by atoms with E-state index in [1.54, 1.807) is 0 Å². The van der Waals surface area contributed by atoms with Crippen LogP contribution in [0, 0.1) is 23.2 Å². The van der Waals surface area contributed by atoms with E-state index in [1.807, 2.05) is 18.2 Å². The fraction of sp³-hybridized carbons (Fsp3) is 0.519. The number of hydrogen-bond donors (Lipinski definition) is 1. The number of aliphatic hydroxyl groups is 1. The van der Waals surface area contributed by atoms with Crippen LogP contribution in [0.15, 0.2) is 48.5 Å². The first-order valence-corrected chi connectivity index (χ1v) is 11.5. The highest BCUT2D eigenvalue weighted by molar-refractivity contribution is 5.50. The third-order valence-electron chi connectivity index (χ3n) is 8.46. The van der Waals surface area contributed by atoms with Gasteiger partial charge in [0.2, 0.25) is 0 Å². The third-order valence-corrected chi connectivity index (χ3v) is 8.46. The lowest BCUT2D eigenvalue weighted by Gasteiger charge is -2.50. The number of carbonyl (C=O) groups excluding carboxylic acids is 1. The summed E-state index contributed by atoms with van der Waals surface area (Å²) in [4.78, 5) is 11.1. The van der Waals surface area contributed by atoms with Crippen molar-refractivity contribution in [3.63, 3.8) is 0 Å². The van der Waals surface area contributed by atoms with E-state index < -0.39 is 0 Å². The number of benzene rings is 2. The number of aryl methyl sites for hydroxylation is 1. The van der Waals surface area contributed by atoms with Crippen molar-refractivity contribution in [1.82, 2.24) is 0 Å². The quantitative estimate of drug-likeness (QED) is 0.688. The highest BCUT2D eigenvalue weighted by Gasteiger charge is 2.57. The van der Waals surface area contributed by atoms with Crippen LogP contribution in [-0.4, -0.2) is 17.5 Å². The Balaban J connectivity index is 1.34. The number of rotatable bonds is 5. The van der Waals surface area contributed by atoms with Crippen LogP contribution < -0.4 is 4.74 Å². The first kappa shape index (κ1) is 19.8. The molecule has 3 nitrogen and oxygen atoms in total. The zero-order valence-electron chi connectivity index (χ0n) is 17.8. The molecule has 0 spiro atoms. The molecule has 1 N–H and O–H groups in total. The normalized spacial score (nSPS) is 34.5. The Morgan fingerprint density at radius 2 is 2.00 bits per heavy atom. The molecule has 0 heterocycles. The molecule has 0 saturated heterocycles. The standard InChI is InChI=1S/C27H32O3/c1-27-13-11-23-22-10-8-21(30-17-18-5-3-2-4-6-18)15-19(22)7-9-24(23)25(27)16-20(12-14-28)26(27)29/h2-6,8,10,14-15,20,23-26,29H,7,9,11-13,16-17H2,1H3/t20-,23?,24?,25?,26-,27-/m0/s1. The summed E-state index contributed by atoms with van der Waals surface area (Å²) in [6, 6.07) is 17.0. The number of aldehydes is 1. The van der Waals surface area contributed by atoms with Crippen LogP contribution in [-0.2, 0) is 17.8 Å². The van der Waals surface area contributed by atoms with Crippen LogP contribution in [0.4, 0.5) is 0 Å². The summed E-state index contributed by atoms with van der Waals surface area (Å²) in [7, 11) is 0. The molecule has 0 bridgehead atoms. The van der Waals surface area contributed by atoms with Crippen molar-refractivity contribution >= 4 is 6.29 Å². The van der Waals surface area contributed by atoms with Crippen molar-refractivity contribution in [2.75, 3.05) is 0 Å². The largest absolute Gasteiger partial charge is 0.489 e. The summed E-state index contributed by atoms with van der Waals surface area (Å²) < 4.78 is 6.07. The van der Waals surface area contributed by atoms with Gasteiger partial charge in [0.05, 0.1) is 6.10 Å². The summed E-state index contributed by atoms with van der Waals surface area (Å²) in [5.41, 5.74) is 4.10. The van der Waals surface area contributed by atoms with Crippen molar-refractivity contribution < 1.29 is 14.6 Å². The van der Waals surface area contributed by atoms with Crippen molar-refractivity contribution in [3.05, 3.63) is 65.2 Å². The lowest BCUT2D eigenvalue weighted by atomic mass is 9.55. The van der Waals surface area contributed by atoms with Crippen LogP contribution in [0.1, 0.15) is 61.6 Å². The summed E-state index contributed by atoms with van der Waals surface area (Å²) in [5.74, 6) is 2.83. The highest BCUT2D eigenvalue weighted by atomic mass is 16.5. The second-order valence-electron chi connectivity index (χ2n) is 9.94. The van der Waals surface area contributed by atoms with Gasteiger partial charge in [0.15, 0.2) is 0 Å². The van der Waals surface area contributed by atoms with E-state index >= 15 is 0 Å². The molecule has 0 aromatic heterocycles. The predicted molar refractivity (Wildman–Crippen MR) is 117 cm³/mol. The van der Waals surface area contributed by atoms with Crippen LogP contribution in [0.25, 0.3) is 0 Å². The van der Waals surface area contributed by atoms with Gasteiger partial charge in [-0.3, -0.25) is 0 Å². The van der Waals surface area contributed by atoms with Gasteiger partial charge in [0.1, 0.15) is 18.6 Å². The molecule has 0 amide bonds. The molecule has 3 aliphatic rings. The molecule has 2 saturated carbocycles. The van der Waals surface area contributed by atoms with Crippen molar-refractivity contribution in [3.8, 4) is 5.75 Å². The molecule has 3 aliphatic carbocycles. The first-order valence-electron chi connectivity index (χ1n) is 11.5. The van der Waals surface area contributed by atoms with Crippen LogP contribution in [0.5, 0.6) is 5.75 Å². The lowest BCUT2D eigenvalue weighted by Crippen LogP contribution is -2.44. The predicted octanol–water partition coefficient (Wildman–Crippen LogP) is 5.30. The molecule has 0 aliphatic heterocycles. The van der Waals surface area contributed by atoms with Crippen molar-refractivity contribution in [2.24, 2.45) is 23.2 Å². The fourth-order valence-electron chi connectivity index (χ4n) is 6.89. The lowest BCUT2D eigenvalue weighted by molar-refractivity contribution is -0.109. The molecule has 0 radical (unpaired) electrons. The number of hydrogen-bond acceptors (Lipinski definition) is 3. The van der Waals surface area contributed by atoms with E-state index in [4.69, 9.17) is 4.74 Å². The van der Waals surface area contributed by atoms with Crippen LogP contribution >= 0.6 is 0 Å². The van der Waals surface area contributed by atoms with Crippen LogP contribution in [0.3, 0.4) is 0 Å². The number of carbonyl (C=O) groups is 1. The third kappa shape index (κ3) is 3.28. The molecule has 6 atom stereocenters. The number of ether oxygens (including phenoxy) is 1. The maximum Gasteiger partial charge on any atom is 0.120 e. The second kappa shape index (κ2) is 7.85. The van der Waals surface area contributed by atoms with Gasteiger partial charge in [0.25, 0.3) is 0 Å². The molecule has 2 aromatic carbocycles. The molecular formula is C27H32O3. The number of aliphatic hydroxyl groups excluding tert-OH is 1. The Labute approximate surface area is 179 Å². The van der Waals surface area contributed by atoms with E-state index in [1.165, 1.54) is 23.1 Å². The zero-order chi connectivity index (χ0) is 20.7. The van der Waals surface area contributed by atoms with Gasteiger partial charge in [-0.25, -0.2) is 0 Å². The van der Waals surface area contributed by atoms with E-state index in [0.717, 1.165) is 37.7 Å². The van der Waals surface area contributed by atoms with Gasteiger partial charge >= 0.3 is 0 Å². The first-order chi connectivity index (χ1) is 14.6. The Morgan fingerprint density at radius 1 is 1.17 bits per heavy atom. The van der Waals surface area contributed by atoms with Gasteiger partial charge in [-0.2, -0.15) is 0 Å². The maximum atomic E-state index is 11.1. The molecule has 3 heteroatoms. The van der Waals surface area contributed by atoms with Crippen molar-refractivity contribution in [1.29, 1.82) is 0 Å². The van der Waals surface area contributed by atoms with Gasteiger partial charge in [-0.1, -0.05) is 43.3 Å². The zero-order valence-corrected chi connectivity index (χ0v) is 17.8. The monoisotopic (exact) mass is 404 g/mol. The minimum atomic E-state index is -0.330. The minimum absolute atomic E-state index is 0.0227. The van der Waals surface area contributed by atoms with Gasteiger partial charge in [-0.15, -0.1) is 0 Å². The van der Waals surface area contributed by atoms with E-state index in [2.05, 4.69) is 37.3 Å². The second-order valence-corrected chi connectivity index (χ2v) is 9.94. The average molecular weight is 405 g/mol. The van der Waals surface area contributed by atoms with Crippen LogP contribution in [0.2, 0.25) is 0 Å². The highest BCUT2D eigenvalue weighted by Crippen LogP contribution is 2.62. The minimum Gasteiger partial charge on any atom is -0.489 e. The topological polar surface area (TPSA) is 46.5 Å². The smallest absolute Gasteiger partial charge is 0.120 e. The molecule has 30 heavy (non-hydrogen) atoms. The fourth-order valence-corrected chi connectivity index (χ4v) is 6.89. The van der Waals surface area contributed by atoms with E-state index in [0.29, 0.717) is 30.8 Å².